The molecule has 1 saturated heterocycles. The first kappa shape index (κ1) is 38.0. The summed E-state index contributed by atoms with van der Waals surface area (Å²) in [6.07, 6.45) is -0.769. The Labute approximate surface area is 271 Å². The van der Waals surface area contributed by atoms with E-state index in [2.05, 4.69) is 31.9 Å². The molecule has 1 aromatic rings. The highest BCUT2D eigenvalue weighted by Crippen LogP contribution is 2.14. The molecule has 0 aliphatic carbocycles. The number of rotatable bonds is 9. The van der Waals surface area contributed by atoms with E-state index in [0.29, 0.717) is 12.0 Å². The molecule has 1 heterocycles. The molecule has 5 atom stereocenters. The molecule has 17 nitrogen and oxygen atoms in total. The first-order valence-corrected chi connectivity index (χ1v) is 15.3. The summed E-state index contributed by atoms with van der Waals surface area (Å²) >= 11 is 0. The zero-order valence-electron chi connectivity index (χ0n) is 26.4. The Hall–Kier alpha value is -5.22. The smallest absolute Gasteiger partial charge is 0.243 e. The van der Waals surface area contributed by atoms with Gasteiger partial charge in [0.05, 0.1) is 13.0 Å². The number of phenols is 1. The maximum atomic E-state index is 13.6. The van der Waals surface area contributed by atoms with Crippen LogP contribution in [0.4, 0.5) is 0 Å². The van der Waals surface area contributed by atoms with Crippen LogP contribution in [0.5, 0.6) is 5.75 Å². The summed E-state index contributed by atoms with van der Waals surface area (Å²) in [7, 11) is 0. The highest BCUT2D eigenvalue weighted by molar-refractivity contribution is 5.97. The summed E-state index contributed by atoms with van der Waals surface area (Å²) in [5.41, 5.74) is 11.1. The Balaban J connectivity index is 2.46. The van der Waals surface area contributed by atoms with E-state index in [4.69, 9.17) is 11.5 Å². The Morgan fingerprint density at radius 3 is 2.06 bits per heavy atom. The molecule has 0 bridgehead atoms. The van der Waals surface area contributed by atoms with Crippen molar-refractivity contribution in [1.82, 2.24) is 31.9 Å². The van der Waals surface area contributed by atoms with Crippen molar-refractivity contribution in [1.29, 1.82) is 0 Å². The van der Waals surface area contributed by atoms with Crippen LogP contribution in [0.3, 0.4) is 0 Å². The van der Waals surface area contributed by atoms with Crippen molar-refractivity contribution in [3.05, 3.63) is 29.8 Å². The number of carbonyl (C=O) groups excluding carboxylic acids is 8. The van der Waals surface area contributed by atoms with Gasteiger partial charge in [-0.25, -0.2) is 0 Å². The average Bonchev–Trinajstić information content (AvgIpc) is 3.01. The van der Waals surface area contributed by atoms with Crippen LogP contribution in [0.15, 0.2) is 24.3 Å². The fourth-order valence-electron chi connectivity index (χ4n) is 4.63. The maximum Gasteiger partial charge on any atom is 0.243 e. The lowest BCUT2D eigenvalue weighted by atomic mass is 9.96. The molecule has 0 unspecified atom stereocenters. The van der Waals surface area contributed by atoms with E-state index in [9.17, 15) is 43.5 Å². The number of nitrogens with one attached hydrogen (secondary N) is 6. The van der Waals surface area contributed by atoms with Gasteiger partial charge in [-0.1, -0.05) is 32.4 Å². The van der Waals surface area contributed by atoms with Gasteiger partial charge in [-0.2, -0.15) is 0 Å². The number of phenolic OH excluding ortho intramolecular Hbond substituents is 1. The normalized spacial score (nSPS) is 23.1. The number of benzene rings is 1. The second kappa shape index (κ2) is 18.7. The summed E-state index contributed by atoms with van der Waals surface area (Å²) in [4.78, 5) is 102. The van der Waals surface area contributed by atoms with Crippen LogP contribution in [0.1, 0.15) is 57.9 Å². The molecule has 1 fully saturated rings. The van der Waals surface area contributed by atoms with Gasteiger partial charge in [-0.05, 0) is 36.5 Å². The zero-order chi connectivity index (χ0) is 35.1. The van der Waals surface area contributed by atoms with Crippen LogP contribution < -0.4 is 43.4 Å². The molecule has 2 rings (SSSR count). The number of primary amides is 2. The summed E-state index contributed by atoms with van der Waals surface area (Å²) < 4.78 is 0. The van der Waals surface area contributed by atoms with E-state index in [1.165, 1.54) is 12.1 Å². The Morgan fingerprint density at radius 1 is 0.809 bits per heavy atom. The van der Waals surface area contributed by atoms with Gasteiger partial charge < -0.3 is 48.5 Å². The van der Waals surface area contributed by atoms with Crippen LogP contribution >= 0.6 is 0 Å². The summed E-state index contributed by atoms with van der Waals surface area (Å²) in [5, 5.41) is 24.7. The molecule has 0 radical (unpaired) electrons. The van der Waals surface area contributed by atoms with Gasteiger partial charge in [0.2, 0.25) is 47.3 Å². The second-order valence-corrected chi connectivity index (χ2v) is 11.3. The molecule has 258 valence electrons. The number of amides is 8. The number of hydrogen-bond acceptors (Lipinski definition) is 9. The Bertz CT molecular complexity index is 1320. The fourth-order valence-corrected chi connectivity index (χ4v) is 4.63. The van der Waals surface area contributed by atoms with Crippen LogP contribution in [0, 0.1) is 5.92 Å². The molecule has 8 amide bonds. The van der Waals surface area contributed by atoms with Crippen LogP contribution in [0.2, 0.25) is 0 Å². The Morgan fingerprint density at radius 2 is 1.45 bits per heavy atom. The minimum Gasteiger partial charge on any atom is -0.508 e. The quantitative estimate of drug-likeness (QED) is 0.131. The topological polar surface area (TPSA) is 281 Å². The third-order valence-corrected chi connectivity index (χ3v) is 7.50. The standard InChI is InChI=1S/C30H44N8O9/c1-3-16(2)26-30(47)36-19(10-11-22(31)40)28(45)37-21(14-23(32)41)27(44)33-12-4-5-24(42)34-15-25(43)35-20(29(46)38-26)13-17-6-8-18(39)9-7-17/h6-9,16,19-21,26,39H,3-5,10-15H2,1-2H3,(H2,31,40)(H2,32,41)(H,33,44)(H,34,42)(H,35,43)(H,36,47)(H,37,45)(H,38,46)/t16-,19-,20-,21-,26-/m0/s1. The van der Waals surface area contributed by atoms with Gasteiger partial charge in [-0.15, -0.1) is 0 Å². The van der Waals surface area contributed by atoms with E-state index in [1.807, 2.05) is 0 Å². The first-order chi connectivity index (χ1) is 22.2. The molecule has 17 heteroatoms. The summed E-state index contributed by atoms with van der Waals surface area (Å²) in [6, 6.07) is 0.620. The number of aromatic hydroxyl groups is 1. The van der Waals surface area contributed by atoms with E-state index in [0.717, 1.165) is 0 Å². The summed E-state index contributed by atoms with van der Waals surface area (Å²) in [6.45, 7) is 2.95. The van der Waals surface area contributed by atoms with Gasteiger partial charge in [0.15, 0.2) is 0 Å². The zero-order valence-corrected chi connectivity index (χ0v) is 26.4. The van der Waals surface area contributed by atoms with Crippen LogP contribution in [-0.4, -0.2) is 89.6 Å². The number of carbonyl (C=O) groups is 8. The van der Waals surface area contributed by atoms with Gasteiger partial charge in [0, 0.05) is 25.8 Å². The van der Waals surface area contributed by atoms with Crippen molar-refractivity contribution in [2.45, 2.75) is 83.0 Å². The van der Waals surface area contributed by atoms with Crippen LogP contribution in [0.25, 0.3) is 0 Å². The third-order valence-electron chi connectivity index (χ3n) is 7.50. The molecule has 1 aliphatic rings. The molecule has 11 N–H and O–H groups in total. The molecular weight excluding hydrogens is 616 g/mol. The highest BCUT2D eigenvalue weighted by atomic mass is 16.3. The highest BCUT2D eigenvalue weighted by Gasteiger charge is 2.34. The molecule has 47 heavy (non-hydrogen) atoms. The lowest BCUT2D eigenvalue weighted by Gasteiger charge is -2.29. The fraction of sp³-hybridized carbons (Fsp3) is 0.533. The maximum absolute atomic E-state index is 13.6. The van der Waals surface area contributed by atoms with E-state index < -0.39 is 90.3 Å². The predicted octanol–water partition coefficient (Wildman–Crippen LogP) is -2.91. The first-order valence-electron chi connectivity index (χ1n) is 15.3. The van der Waals surface area contributed by atoms with Gasteiger partial charge >= 0.3 is 0 Å². The lowest BCUT2D eigenvalue weighted by Crippen LogP contribution is -2.60. The van der Waals surface area contributed by atoms with E-state index in [-0.39, 0.29) is 44.4 Å². The number of nitrogens with two attached hydrogens (primary N) is 2. The molecule has 0 aromatic heterocycles. The van der Waals surface area contributed by atoms with Crippen molar-refractivity contribution >= 4 is 47.3 Å². The van der Waals surface area contributed by atoms with Crippen molar-refractivity contribution in [3.63, 3.8) is 0 Å². The van der Waals surface area contributed by atoms with Gasteiger partial charge in [0.25, 0.3) is 0 Å². The van der Waals surface area contributed by atoms with Gasteiger partial charge in [-0.3, -0.25) is 38.4 Å². The van der Waals surface area contributed by atoms with E-state index >= 15 is 0 Å². The van der Waals surface area contributed by atoms with Crippen LogP contribution in [-0.2, 0) is 44.8 Å². The monoisotopic (exact) mass is 660 g/mol. The molecule has 1 aliphatic heterocycles. The predicted molar refractivity (Wildman–Crippen MR) is 166 cm³/mol. The van der Waals surface area contributed by atoms with E-state index in [1.54, 1.807) is 26.0 Å². The summed E-state index contributed by atoms with van der Waals surface area (Å²) in [5.74, 6) is -6.63. The minimum absolute atomic E-state index is 0.00916. The largest absolute Gasteiger partial charge is 0.508 e. The lowest BCUT2D eigenvalue weighted by molar-refractivity contribution is -0.136. The molecule has 0 saturated carbocycles. The average molecular weight is 661 g/mol. The van der Waals surface area contributed by atoms with Crippen molar-refractivity contribution in [3.8, 4) is 5.75 Å². The van der Waals surface area contributed by atoms with Crippen molar-refractivity contribution < 1.29 is 43.5 Å². The molecule has 1 aromatic carbocycles. The molecule has 0 spiro atoms. The number of hydrogen-bond donors (Lipinski definition) is 9. The van der Waals surface area contributed by atoms with Crippen molar-refractivity contribution in [2.24, 2.45) is 17.4 Å². The van der Waals surface area contributed by atoms with Crippen molar-refractivity contribution in [2.75, 3.05) is 13.1 Å². The SMILES string of the molecule is CC[C@H](C)[C@@H]1NC(=O)[C@H](Cc2ccc(O)cc2)NC(=O)CNC(=O)CCCNC(=O)[C@H](CC(N)=O)NC(=O)[C@H](CCC(N)=O)NC1=O. The molecular formula is C30H44N8O9. The second-order valence-electron chi connectivity index (χ2n) is 11.3. The third kappa shape index (κ3) is 13.3. The minimum atomic E-state index is -1.44. The van der Waals surface area contributed by atoms with Gasteiger partial charge in [0.1, 0.15) is 29.9 Å². The Kier molecular flexibility index (Phi) is 15.1.